The lowest BCUT2D eigenvalue weighted by molar-refractivity contribution is -0.149. The molecule has 2 aromatic rings. The number of aliphatic hydroxyl groups is 1. The van der Waals surface area contributed by atoms with Crippen molar-refractivity contribution >= 4 is 16.9 Å². The molecule has 1 aromatic heterocycles. The summed E-state index contributed by atoms with van der Waals surface area (Å²) in [5.41, 5.74) is 1.29. The highest BCUT2D eigenvalue weighted by Crippen LogP contribution is 2.40. The molecule has 32 heavy (non-hydrogen) atoms. The molecule has 2 heterocycles. The highest BCUT2D eigenvalue weighted by molar-refractivity contribution is 5.85. The molecule has 3 atom stereocenters. The smallest absolute Gasteiger partial charge is 0.336 e. The standard InChI is InChI=1S/C26H35NO5/c1-4-5-8-19-15-23(28)32-24-17(2)22(11-10-21(19)24)31-18(3)25(29)27-14-13-26(30)12-7-6-9-20(26)16-27/h10-11,15,18,20,30H,4-9,12-14,16H2,1-3H3/t18-,20+,26-/m0/s1. The number of benzene rings is 1. The number of likely N-dealkylation sites (tertiary alicyclic amines) is 1. The lowest BCUT2D eigenvalue weighted by atomic mass is 9.71. The van der Waals surface area contributed by atoms with Crippen LogP contribution in [0, 0.1) is 12.8 Å². The molecule has 1 aliphatic heterocycles. The Hall–Kier alpha value is -2.34. The fourth-order valence-corrected chi connectivity index (χ4v) is 5.38. The first kappa shape index (κ1) is 22.8. The number of ether oxygens (including phenoxy) is 1. The predicted molar refractivity (Wildman–Crippen MR) is 124 cm³/mol. The third-order valence-electron chi connectivity index (χ3n) is 7.39. The van der Waals surface area contributed by atoms with Gasteiger partial charge in [-0.25, -0.2) is 4.79 Å². The first-order chi connectivity index (χ1) is 15.3. The summed E-state index contributed by atoms with van der Waals surface area (Å²) in [4.78, 5) is 27.1. The van der Waals surface area contributed by atoms with E-state index in [-0.39, 0.29) is 17.5 Å². The van der Waals surface area contributed by atoms with Gasteiger partial charge in [-0.15, -0.1) is 0 Å². The van der Waals surface area contributed by atoms with E-state index in [0.29, 0.717) is 30.8 Å². The van der Waals surface area contributed by atoms with E-state index in [1.807, 2.05) is 24.0 Å². The van der Waals surface area contributed by atoms with Gasteiger partial charge in [0, 0.05) is 36.0 Å². The van der Waals surface area contributed by atoms with Gasteiger partial charge in [-0.1, -0.05) is 26.2 Å². The minimum Gasteiger partial charge on any atom is -0.480 e. The summed E-state index contributed by atoms with van der Waals surface area (Å²) in [6, 6.07) is 5.37. The van der Waals surface area contributed by atoms with Crippen LogP contribution in [0.25, 0.3) is 11.0 Å². The summed E-state index contributed by atoms with van der Waals surface area (Å²) in [6.07, 6.45) is 6.86. The molecule has 0 radical (unpaired) electrons. The van der Waals surface area contributed by atoms with Gasteiger partial charge < -0.3 is 19.2 Å². The molecule has 6 heteroatoms. The van der Waals surface area contributed by atoms with Crippen molar-refractivity contribution in [1.29, 1.82) is 0 Å². The summed E-state index contributed by atoms with van der Waals surface area (Å²) in [5.74, 6) is 0.648. The quantitative estimate of drug-likeness (QED) is 0.674. The maximum atomic E-state index is 13.1. The van der Waals surface area contributed by atoms with Crippen LogP contribution in [-0.2, 0) is 11.2 Å². The average Bonchev–Trinajstić information content (AvgIpc) is 2.78. The van der Waals surface area contributed by atoms with E-state index in [1.54, 1.807) is 13.0 Å². The van der Waals surface area contributed by atoms with Crippen LogP contribution in [0.15, 0.2) is 27.4 Å². The number of carbonyl (C=O) groups is 1. The van der Waals surface area contributed by atoms with Crippen molar-refractivity contribution in [2.75, 3.05) is 13.1 Å². The zero-order valence-corrected chi connectivity index (χ0v) is 19.5. The molecule has 0 bridgehead atoms. The van der Waals surface area contributed by atoms with Gasteiger partial charge in [0.15, 0.2) is 6.10 Å². The number of piperidine rings is 1. The Labute approximate surface area is 189 Å². The molecule has 1 aliphatic carbocycles. The minimum atomic E-state index is -0.657. The molecule has 1 N–H and O–H groups in total. The van der Waals surface area contributed by atoms with E-state index >= 15 is 0 Å². The molecule has 1 saturated heterocycles. The zero-order valence-electron chi connectivity index (χ0n) is 19.5. The van der Waals surface area contributed by atoms with Gasteiger partial charge in [-0.05, 0) is 63.6 Å². The van der Waals surface area contributed by atoms with Crippen molar-refractivity contribution in [2.45, 2.75) is 83.8 Å². The Morgan fingerprint density at radius 2 is 2.16 bits per heavy atom. The Morgan fingerprint density at radius 3 is 2.94 bits per heavy atom. The summed E-state index contributed by atoms with van der Waals surface area (Å²) in [6.45, 7) is 6.91. The van der Waals surface area contributed by atoms with Crippen LogP contribution in [0.2, 0.25) is 0 Å². The van der Waals surface area contributed by atoms with E-state index in [2.05, 4.69) is 6.92 Å². The van der Waals surface area contributed by atoms with E-state index in [4.69, 9.17) is 9.15 Å². The van der Waals surface area contributed by atoms with Gasteiger partial charge >= 0.3 is 5.63 Å². The van der Waals surface area contributed by atoms with Crippen LogP contribution < -0.4 is 10.4 Å². The molecule has 1 amide bonds. The molecule has 0 unspecified atom stereocenters. The van der Waals surface area contributed by atoms with E-state index in [1.165, 1.54) is 0 Å². The summed E-state index contributed by atoms with van der Waals surface area (Å²) >= 11 is 0. The lowest BCUT2D eigenvalue weighted by Gasteiger charge is -2.47. The van der Waals surface area contributed by atoms with Crippen molar-refractivity contribution in [2.24, 2.45) is 5.92 Å². The average molecular weight is 442 g/mol. The van der Waals surface area contributed by atoms with Crippen molar-refractivity contribution in [1.82, 2.24) is 4.90 Å². The number of fused-ring (bicyclic) bond motifs is 2. The summed E-state index contributed by atoms with van der Waals surface area (Å²) in [5, 5.41) is 11.8. The third kappa shape index (κ3) is 4.42. The summed E-state index contributed by atoms with van der Waals surface area (Å²) in [7, 11) is 0. The number of nitrogens with zero attached hydrogens (tertiary/aromatic N) is 1. The number of hydrogen-bond acceptors (Lipinski definition) is 5. The maximum Gasteiger partial charge on any atom is 0.336 e. The molecule has 1 saturated carbocycles. The van der Waals surface area contributed by atoms with Crippen LogP contribution in [0.5, 0.6) is 5.75 Å². The first-order valence-electron chi connectivity index (χ1n) is 12.1. The van der Waals surface area contributed by atoms with Crippen molar-refractivity contribution < 1.29 is 19.1 Å². The Bertz CT molecular complexity index is 1040. The fraction of sp³-hybridized carbons (Fsp3) is 0.615. The second-order valence-corrected chi connectivity index (χ2v) is 9.60. The highest BCUT2D eigenvalue weighted by Gasteiger charge is 2.44. The largest absolute Gasteiger partial charge is 0.480 e. The molecule has 2 aliphatic rings. The summed E-state index contributed by atoms with van der Waals surface area (Å²) < 4.78 is 11.6. The number of unbranched alkanes of at least 4 members (excludes halogenated alkanes) is 1. The Kier molecular flexibility index (Phi) is 6.61. The minimum absolute atomic E-state index is 0.0599. The SMILES string of the molecule is CCCCc1cc(=O)oc2c(C)c(O[C@@H](C)C(=O)N3CC[C@@]4(O)CCCC[C@@H]4C3)ccc12. The van der Waals surface area contributed by atoms with Gasteiger partial charge in [0.2, 0.25) is 0 Å². The number of rotatable bonds is 6. The number of hydrogen-bond donors (Lipinski definition) is 1. The monoisotopic (exact) mass is 441 g/mol. The van der Waals surface area contributed by atoms with Gasteiger partial charge in [0.05, 0.1) is 5.60 Å². The van der Waals surface area contributed by atoms with Crippen LogP contribution in [-0.4, -0.2) is 40.7 Å². The molecule has 1 aromatic carbocycles. The number of amides is 1. The van der Waals surface area contributed by atoms with Crippen molar-refractivity contribution in [3.05, 3.63) is 39.7 Å². The number of carbonyl (C=O) groups excluding carboxylic acids is 1. The molecule has 0 spiro atoms. The van der Waals surface area contributed by atoms with Gasteiger partial charge in [-0.2, -0.15) is 0 Å². The number of aryl methyl sites for hydroxylation is 2. The molecule has 6 nitrogen and oxygen atoms in total. The second kappa shape index (κ2) is 9.26. The van der Waals surface area contributed by atoms with Gasteiger partial charge in [0.25, 0.3) is 5.91 Å². The van der Waals surface area contributed by atoms with Crippen molar-refractivity contribution in [3.8, 4) is 5.75 Å². The van der Waals surface area contributed by atoms with Crippen LogP contribution in [0.4, 0.5) is 0 Å². The lowest BCUT2D eigenvalue weighted by Crippen LogP contribution is -2.56. The third-order valence-corrected chi connectivity index (χ3v) is 7.39. The highest BCUT2D eigenvalue weighted by atomic mass is 16.5. The van der Waals surface area contributed by atoms with E-state index in [9.17, 15) is 14.7 Å². The Balaban J connectivity index is 1.51. The maximum absolute atomic E-state index is 13.1. The normalized spacial score (nSPS) is 24.2. The molecule has 4 rings (SSSR count). The molecule has 2 fully saturated rings. The topological polar surface area (TPSA) is 80.0 Å². The first-order valence-corrected chi connectivity index (χ1v) is 12.1. The van der Waals surface area contributed by atoms with Crippen LogP contribution >= 0.6 is 0 Å². The van der Waals surface area contributed by atoms with Gasteiger partial charge in [0.1, 0.15) is 11.3 Å². The Morgan fingerprint density at radius 1 is 1.34 bits per heavy atom. The van der Waals surface area contributed by atoms with E-state index in [0.717, 1.165) is 61.5 Å². The predicted octanol–water partition coefficient (Wildman–Crippen LogP) is 4.36. The molecule has 174 valence electrons. The fourth-order valence-electron chi connectivity index (χ4n) is 5.38. The van der Waals surface area contributed by atoms with E-state index < -0.39 is 11.7 Å². The molecular weight excluding hydrogens is 406 g/mol. The van der Waals surface area contributed by atoms with Gasteiger partial charge in [-0.3, -0.25) is 4.79 Å². The second-order valence-electron chi connectivity index (χ2n) is 9.60. The zero-order chi connectivity index (χ0) is 22.9. The van der Waals surface area contributed by atoms with Crippen molar-refractivity contribution in [3.63, 3.8) is 0 Å². The van der Waals surface area contributed by atoms with Crippen LogP contribution in [0.3, 0.4) is 0 Å². The van der Waals surface area contributed by atoms with Crippen LogP contribution in [0.1, 0.15) is 69.9 Å². The molecular formula is C26H35NO5.